The average molecular weight is 384 g/mol. The van der Waals surface area contributed by atoms with Gasteiger partial charge in [-0.3, -0.25) is 4.18 Å². The van der Waals surface area contributed by atoms with Gasteiger partial charge in [-0.25, -0.2) is 0 Å². The highest BCUT2D eigenvalue weighted by atomic mass is 32.2. The molecule has 1 unspecified atom stereocenters. The molecule has 25 heavy (non-hydrogen) atoms. The summed E-state index contributed by atoms with van der Waals surface area (Å²) < 4.78 is 79.7. The zero-order chi connectivity index (χ0) is 18.5. The molecule has 1 fully saturated rings. The van der Waals surface area contributed by atoms with Crippen molar-refractivity contribution in [3.8, 4) is 5.75 Å². The molecule has 1 aliphatic rings. The molecule has 0 N–H and O–H groups in total. The Morgan fingerprint density at radius 2 is 2.00 bits per heavy atom. The van der Waals surface area contributed by atoms with E-state index >= 15 is 0 Å². The Morgan fingerprint density at radius 1 is 1.24 bits per heavy atom. The van der Waals surface area contributed by atoms with Gasteiger partial charge in [0, 0.05) is 12.2 Å². The molecular weight excluding hydrogens is 365 g/mol. The van der Waals surface area contributed by atoms with Crippen LogP contribution in [0.1, 0.15) is 30.4 Å². The predicted molar refractivity (Wildman–Crippen MR) is 81.1 cm³/mol. The van der Waals surface area contributed by atoms with E-state index in [2.05, 4.69) is 4.18 Å². The molecule has 0 aliphatic carbocycles. The van der Waals surface area contributed by atoms with Gasteiger partial charge in [0.05, 0.1) is 20.3 Å². The first-order valence-electron chi connectivity index (χ1n) is 7.58. The highest BCUT2D eigenvalue weighted by molar-refractivity contribution is 7.87. The highest BCUT2D eigenvalue weighted by Gasteiger charge is 2.47. The summed E-state index contributed by atoms with van der Waals surface area (Å²) in [4.78, 5) is 0. The Hall–Kier alpha value is -1.36. The Kier molecular flexibility index (Phi) is 6.66. The molecule has 0 spiro atoms. The molecule has 0 radical (unpaired) electrons. The quantitative estimate of drug-likeness (QED) is 0.531. The normalized spacial score (nSPS) is 19.0. The van der Waals surface area contributed by atoms with E-state index in [1.54, 1.807) is 12.1 Å². The molecule has 1 aliphatic heterocycles. The monoisotopic (exact) mass is 384 g/mol. The van der Waals surface area contributed by atoms with E-state index in [4.69, 9.17) is 14.2 Å². The number of hydrogen-bond acceptors (Lipinski definition) is 6. The number of hydrogen-bond donors (Lipinski definition) is 0. The molecule has 1 aromatic carbocycles. The van der Waals surface area contributed by atoms with Crippen LogP contribution in [-0.2, 0) is 37.0 Å². The van der Waals surface area contributed by atoms with Gasteiger partial charge < -0.3 is 14.2 Å². The fourth-order valence-electron chi connectivity index (χ4n) is 2.33. The van der Waals surface area contributed by atoms with Gasteiger partial charge in [-0.15, -0.1) is 0 Å². The SMILES string of the molecule is COc1cccc(COC2CCCCO2)c1COS(=O)(=O)C(F)(F)F. The van der Waals surface area contributed by atoms with Crippen LogP contribution in [0.15, 0.2) is 18.2 Å². The maximum absolute atomic E-state index is 12.4. The standard InChI is InChI=1S/C15H19F3O6S/c1-21-13-6-4-5-11(9-23-14-7-2-3-8-22-14)12(13)10-24-25(19,20)15(16,17)18/h4-6,14H,2-3,7-10H2,1H3. The first kappa shape index (κ1) is 20.0. The number of methoxy groups -OCH3 is 1. The molecular formula is C15H19F3O6S. The van der Waals surface area contributed by atoms with Crippen molar-refractivity contribution in [1.29, 1.82) is 0 Å². The van der Waals surface area contributed by atoms with Crippen LogP contribution in [0.4, 0.5) is 13.2 Å². The third-order valence-corrected chi connectivity index (χ3v) is 4.65. The molecule has 2 rings (SSSR count). The van der Waals surface area contributed by atoms with Gasteiger partial charge in [0.1, 0.15) is 5.75 Å². The van der Waals surface area contributed by atoms with E-state index in [0.717, 1.165) is 19.3 Å². The van der Waals surface area contributed by atoms with Crippen LogP contribution >= 0.6 is 0 Å². The van der Waals surface area contributed by atoms with E-state index in [1.807, 2.05) is 0 Å². The van der Waals surface area contributed by atoms with E-state index in [-0.39, 0.29) is 17.9 Å². The van der Waals surface area contributed by atoms with Gasteiger partial charge in [0.2, 0.25) is 0 Å². The molecule has 1 saturated heterocycles. The van der Waals surface area contributed by atoms with Crippen molar-refractivity contribution >= 4 is 10.1 Å². The van der Waals surface area contributed by atoms with Gasteiger partial charge in [0.15, 0.2) is 6.29 Å². The molecule has 0 aromatic heterocycles. The summed E-state index contributed by atoms with van der Waals surface area (Å²) in [5.41, 5.74) is -4.85. The lowest BCUT2D eigenvalue weighted by Gasteiger charge is -2.23. The smallest absolute Gasteiger partial charge is 0.496 e. The second-order valence-corrected chi connectivity index (χ2v) is 6.97. The van der Waals surface area contributed by atoms with Gasteiger partial charge in [-0.2, -0.15) is 21.6 Å². The summed E-state index contributed by atoms with van der Waals surface area (Å²) in [5.74, 6) is 0.211. The van der Waals surface area contributed by atoms with Crippen LogP contribution in [0, 0.1) is 0 Å². The Bertz CT molecular complexity index is 668. The summed E-state index contributed by atoms with van der Waals surface area (Å²) in [6, 6.07) is 4.73. The number of ether oxygens (including phenoxy) is 3. The number of halogens is 3. The topological polar surface area (TPSA) is 71.1 Å². The largest absolute Gasteiger partial charge is 0.523 e. The van der Waals surface area contributed by atoms with Crippen molar-refractivity contribution in [2.24, 2.45) is 0 Å². The first-order chi connectivity index (χ1) is 11.7. The first-order valence-corrected chi connectivity index (χ1v) is 8.99. The summed E-state index contributed by atoms with van der Waals surface area (Å²) in [6.07, 6.45) is 2.24. The van der Waals surface area contributed by atoms with E-state index in [9.17, 15) is 21.6 Å². The Balaban J connectivity index is 2.12. The van der Waals surface area contributed by atoms with Crippen molar-refractivity contribution in [3.63, 3.8) is 0 Å². The molecule has 0 amide bonds. The molecule has 10 heteroatoms. The molecule has 1 atom stereocenters. The van der Waals surface area contributed by atoms with E-state index in [1.165, 1.54) is 13.2 Å². The van der Waals surface area contributed by atoms with Crippen molar-refractivity contribution in [3.05, 3.63) is 29.3 Å². The summed E-state index contributed by atoms with van der Waals surface area (Å²) in [7, 11) is -4.37. The zero-order valence-corrected chi connectivity index (χ0v) is 14.4. The number of benzene rings is 1. The molecule has 142 valence electrons. The van der Waals surface area contributed by atoms with Crippen LogP contribution in [0.3, 0.4) is 0 Å². The third-order valence-electron chi connectivity index (χ3n) is 3.65. The second-order valence-electron chi connectivity index (χ2n) is 5.37. The van der Waals surface area contributed by atoms with E-state index in [0.29, 0.717) is 12.2 Å². The minimum absolute atomic E-state index is 0.0344. The molecule has 6 nitrogen and oxygen atoms in total. The third kappa shape index (κ3) is 5.30. The molecule has 1 aromatic rings. The Morgan fingerprint density at radius 3 is 2.60 bits per heavy atom. The molecule has 0 bridgehead atoms. The summed E-state index contributed by atoms with van der Waals surface area (Å²) in [5, 5.41) is 0. The second kappa shape index (κ2) is 8.35. The van der Waals surface area contributed by atoms with Crippen molar-refractivity contribution < 1.29 is 40.0 Å². The van der Waals surface area contributed by atoms with Crippen LogP contribution in [0.25, 0.3) is 0 Å². The fourth-order valence-corrected chi connectivity index (χ4v) is 2.74. The van der Waals surface area contributed by atoms with Gasteiger partial charge in [-0.1, -0.05) is 12.1 Å². The van der Waals surface area contributed by atoms with Crippen LogP contribution in [0.5, 0.6) is 5.75 Å². The number of rotatable bonds is 7. The van der Waals surface area contributed by atoms with Crippen molar-refractivity contribution in [2.75, 3.05) is 13.7 Å². The van der Waals surface area contributed by atoms with Crippen LogP contribution in [-0.4, -0.2) is 33.9 Å². The lowest BCUT2D eigenvalue weighted by molar-refractivity contribution is -0.169. The molecule has 1 heterocycles. The molecule has 0 saturated carbocycles. The van der Waals surface area contributed by atoms with Crippen LogP contribution < -0.4 is 4.74 Å². The lowest BCUT2D eigenvalue weighted by Crippen LogP contribution is -2.26. The van der Waals surface area contributed by atoms with Crippen molar-refractivity contribution in [2.45, 2.75) is 44.3 Å². The number of alkyl halides is 3. The fraction of sp³-hybridized carbons (Fsp3) is 0.600. The minimum Gasteiger partial charge on any atom is -0.496 e. The zero-order valence-electron chi connectivity index (χ0n) is 13.5. The summed E-state index contributed by atoms with van der Waals surface area (Å²) in [6.45, 7) is -0.189. The van der Waals surface area contributed by atoms with Gasteiger partial charge in [-0.05, 0) is 30.9 Å². The summed E-state index contributed by atoms with van der Waals surface area (Å²) >= 11 is 0. The Labute approximate surface area is 143 Å². The van der Waals surface area contributed by atoms with Crippen molar-refractivity contribution in [1.82, 2.24) is 0 Å². The van der Waals surface area contributed by atoms with Gasteiger partial charge >= 0.3 is 15.6 Å². The van der Waals surface area contributed by atoms with Gasteiger partial charge in [0.25, 0.3) is 0 Å². The maximum atomic E-state index is 12.4. The average Bonchev–Trinajstić information content (AvgIpc) is 2.58. The van der Waals surface area contributed by atoms with Crippen LogP contribution in [0.2, 0.25) is 0 Å². The maximum Gasteiger partial charge on any atom is 0.523 e. The lowest BCUT2D eigenvalue weighted by atomic mass is 10.1. The van der Waals surface area contributed by atoms with E-state index < -0.39 is 28.5 Å². The predicted octanol–water partition coefficient (Wildman–Crippen LogP) is 3.10. The highest BCUT2D eigenvalue weighted by Crippen LogP contribution is 2.29. The minimum atomic E-state index is -5.69.